The van der Waals surface area contributed by atoms with Crippen LogP contribution in [-0.2, 0) is 11.2 Å². The van der Waals surface area contributed by atoms with Crippen LogP contribution >= 0.6 is 0 Å². The summed E-state index contributed by atoms with van der Waals surface area (Å²) in [5.74, 6) is 0.0175. The highest BCUT2D eigenvalue weighted by atomic mass is 16.3. The third-order valence-corrected chi connectivity index (χ3v) is 3.15. The number of rotatable bonds is 3. The minimum atomic E-state index is -0.471. The lowest BCUT2D eigenvalue weighted by Crippen LogP contribution is -2.44. The first kappa shape index (κ1) is 12.0. The zero-order valence-electron chi connectivity index (χ0n) is 9.84. The second-order valence-electron chi connectivity index (χ2n) is 4.33. The van der Waals surface area contributed by atoms with Gasteiger partial charge in [-0.15, -0.1) is 0 Å². The largest absolute Gasteiger partial charge is 0.390 e. The number of amides is 1. The number of carbonyl (C=O) groups is 1. The number of hydrogen-bond donors (Lipinski definition) is 2. The smallest absolute Gasteiger partial charge is 0.227 e. The molecule has 1 aliphatic heterocycles. The lowest BCUT2D eigenvalue weighted by atomic mass is 10.1. The lowest BCUT2D eigenvalue weighted by molar-refractivity contribution is -0.132. The molecule has 1 saturated heterocycles. The Kier molecular flexibility index (Phi) is 3.71. The van der Waals surface area contributed by atoms with Gasteiger partial charge in [0.1, 0.15) is 0 Å². The van der Waals surface area contributed by atoms with Crippen molar-refractivity contribution in [3.05, 3.63) is 30.1 Å². The quantitative estimate of drug-likeness (QED) is 0.735. The Morgan fingerprint density at radius 2 is 2.24 bits per heavy atom. The summed E-state index contributed by atoms with van der Waals surface area (Å²) in [6, 6.07) is 3.54. The Morgan fingerprint density at radius 3 is 2.82 bits per heavy atom. The van der Waals surface area contributed by atoms with Gasteiger partial charge in [-0.25, -0.2) is 0 Å². The van der Waals surface area contributed by atoms with Crippen LogP contribution in [0.2, 0.25) is 0 Å². The summed E-state index contributed by atoms with van der Waals surface area (Å²) < 4.78 is 0. The second kappa shape index (κ2) is 5.25. The Hall–Kier alpha value is -1.46. The van der Waals surface area contributed by atoms with E-state index in [1.54, 1.807) is 24.3 Å². The monoisotopic (exact) mass is 235 g/mol. The number of carbonyl (C=O) groups excluding carboxylic acids is 1. The van der Waals surface area contributed by atoms with Crippen molar-refractivity contribution in [3.63, 3.8) is 0 Å². The Bertz CT molecular complexity index is 383. The number of nitrogens with zero attached hydrogens (tertiary/aromatic N) is 2. The van der Waals surface area contributed by atoms with Gasteiger partial charge in [-0.3, -0.25) is 9.78 Å². The molecule has 2 rings (SSSR count). The second-order valence-corrected chi connectivity index (χ2v) is 4.33. The molecule has 2 heterocycles. The van der Waals surface area contributed by atoms with Crippen LogP contribution in [-0.4, -0.2) is 53.2 Å². The molecule has 0 aliphatic carbocycles. The molecule has 1 aliphatic rings. The fourth-order valence-corrected chi connectivity index (χ4v) is 2.03. The molecule has 1 amide bonds. The molecule has 2 N–H and O–H groups in total. The number of nitrogens with one attached hydrogen (secondary N) is 1. The standard InChI is InChI=1S/C12H17N3O2/c1-15(10-7-14-8-11(10)16)12(17)6-9-2-4-13-5-3-9/h2-5,10-11,14,16H,6-8H2,1H3/t10-,11-/m0/s1. The van der Waals surface area contributed by atoms with Gasteiger partial charge >= 0.3 is 0 Å². The van der Waals surface area contributed by atoms with Crippen LogP contribution in [0.25, 0.3) is 0 Å². The van der Waals surface area contributed by atoms with Crippen molar-refractivity contribution in [2.45, 2.75) is 18.6 Å². The molecule has 2 atom stereocenters. The zero-order chi connectivity index (χ0) is 12.3. The van der Waals surface area contributed by atoms with Crippen LogP contribution in [0.1, 0.15) is 5.56 Å². The summed E-state index contributed by atoms with van der Waals surface area (Å²) in [6.45, 7) is 1.21. The van der Waals surface area contributed by atoms with E-state index in [1.165, 1.54) is 0 Å². The molecule has 1 aromatic rings. The number of aliphatic hydroxyl groups is 1. The zero-order valence-corrected chi connectivity index (χ0v) is 9.84. The Morgan fingerprint density at radius 1 is 1.53 bits per heavy atom. The van der Waals surface area contributed by atoms with E-state index < -0.39 is 6.10 Å². The van der Waals surface area contributed by atoms with Gasteiger partial charge in [0.05, 0.1) is 18.6 Å². The maximum atomic E-state index is 12.0. The molecule has 0 bridgehead atoms. The van der Waals surface area contributed by atoms with Gasteiger partial charge in [-0.1, -0.05) is 0 Å². The number of aliphatic hydroxyl groups excluding tert-OH is 1. The lowest BCUT2D eigenvalue weighted by Gasteiger charge is -2.26. The highest BCUT2D eigenvalue weighted by molar-refractivity contribution is 5.78. The molecule has 1 fully saturated rings. The molecule has 5 heteroatoms. The van der Waals surface area contributed by atoms with Crippen molar-refractivity contribution < 1.29 is 9.90 Å². The van der Waals surface area contributed by atoms with Gasteiger partial charge in [0, 0.05) is 32.5 Å². The first-order valence-electron chi connectivity index (χ1n) is 5.72. The summed E-state index contributed by atoms with van der Waals surface area (Å²) in [7, 11) is 1.74. The molecule has 0 spiro atoms. The number of pyridine rings is 1. The maximum absolute atomic E-state index is 12.0. The molecule has 0 saturated carbocycles. The van der Waals surface area contributed by atoms with Gasteiger partial charge in [-0.2, -0.15) is 0 Å². The van der Waals surface area contributed by atoms with E-state index >= 15 is 0 Å². The van der Waals surface area contributed by atoms with Crippen molar-refractivity contribution in [3.8, 4) is 0 Å². The summed E-state index contributed by atoms with van der Waals surface area (Å²) in [5.41, 5.74) is 0.942. The molecule has 0 unspecified atom stereocenters. The van der Waals surface area contributed by atoms with E-state index in [2.05, 4.69) is 10.3 Å². The van der Waals surface area contributed by atoms with Gasteiger partial charge in [0.25, 0.3) is 0 Å². The highest BCUT2D eigenvalue weighted by Gasteiger charge is 2.30. The topological polar surface area (TPSA) is 65.5 Å². The number of likely N-dealkylation sites (N-methyl/N-ethyl adjacent to an activating group) is 1. The number of hydrogen-bond acceptors (Lipinski definition) is 4. The van der Waals surface area contributed by atoms with E-state index in [0.29, 0.717) is 19.5 Å². The van der Waals surface area contributed by atoms with Gasteiger partial charge in [-0.05, 0) is 17.7 Å². The van der Waals surface area contributed by atoms with Crippen LogP contribution in [0.5, 0.6) is 0 Å². The minimum absolute atomic E-state index is 0.0175. The summed E-state index contributed by atoms with van der Waals surface area (Å²) >= 11 is 0. The molecule has 17 heavy (non-hydrogen) atoms. The minimum Gasteiger partial charge on any atom is -0.390 e. The van der Waals surface area contributed by atoms with E-state index in [0.717, 1.165) is 5.56 Å². The van der Waals surface area contributed by atoms with Gasteiger partial charge in [0.2, 0.25) is 5.91 Å². The van der Waals surface area contributed by atoms with Crippen molar-refractivity contribution in [1.82, 2.24) is 15.2 Å². The first-order chi connectivity index (χ1) is 8.18. The predicted molar refractivity (Wildman–Crippen MR) is 63.4 cm³/mol. The van der Waals surface area contributed by atoms with E-state index in [-0.39, 0.29) is 11.9 Å². The molecule has 0 aromatic carbocycles. The van der Waals surface area contributed by atoms with Crippen LogP contribution in [0.4, 0.5) is 0 Å². The average Bonchev–Trinajstić information content (AvgIpc) is 2.76. The van der Waals surface area contributed by atoms with Crippen molar-refractivity contribution in [1.29, 1.82) is 0 Å². The molecule has 1 aromatic heterocycles. The first-order valence-corrected chi connectivity index (χ1v) is 5.72. The molecule has 92 valence electrons. The van der Waals surface area contributed by atoms with Crippen LogP contribution in [0.3, 0.4) is 0 Å². The van der Waals surface area contributed by atoms with Crippen LogP contribution < -0.4 is 5.32 Å². The predicted octanol–water partition coefficient (Wildman–Crippen LogP) is -0.585. The van der Waals surface area contributed by atoms with Crippen molar-refractivity contribution >= 4 is 5.91 Å². The SMILES string of the molecule is CN(C(=O)Cc1ccncc1)[C@H]1CNC[C@@H]1O. The average molecular weight is 235 g/mol. The third kappa shape index (κ3) is 2.81. The Balaban J connectivity index is 1.96. The fraction of sp³-hybridized carbons (Fsp3) is 0.500. The third-order valence-electron chi connectivity index (χ3n) is 3.15. The number of aromatic nitrogens is 1. The van der Waals surface area contributed by atoms with Crippen LogP contribution in [0.15, 0.2) is 24.5 Å². The summed E-state index contributed by atoms with van der Waals surface area (Å²) in [4.78, 5) is 17.6. The maximum Gasteiger partial charge on any atom is 0.227 e. The fourth-order valence-electron chi connectivity index (χ4n) is 2.03. The van der Waals surface area contributed by atoms with Crippen molar-refractivity contribution in [2.24, 2.45) is 0 Å². The van der Waals surface area contributed by atoms with Gasteiger partial charge < -0.3 is 15.3 Å². The normalized spacial score (nSPS) is 23.6. The van der Waals surface area contributed by atoms with Gasteiger partial charge in [0.15, 0.2) is 0 Å². The Labute approximate surface area is 100 Å². The molecule has 0 radical (unpaired) electrons. The molecule has 5 nitrogen and oxygen atoms in total. The molecular weight excluding hydrogens is 218 g/mol. The summed E-state index contributed by atoms with van der Waals surface area (Å²) in [5, 5.41) is 12.8. The van der Waals surface area contributed by atoms with E-state index in [9.17, 15) is 9.90 Å². The summed E-state index contributed by atoms with van der Waals surface area (Å²) in [6.07, 6.45) is 3.23. The van der Waals surface area contributed by atoms with E-state index in [1.807, 2.05) is 12.1 Å². The number of β-amino-alcohol motifs (C(OH)–C–C–N with tert-alkyl or cyclic N) is 1. The molecular formula is C12H17N3O2. The van der Waals surface area contributed by atoms with Crippen LogP contribution in [0, 0.1) is 0 Å². The van der Waals surface area contributed by atoms with Crippen molar-refractivity contribution in [2.75, 3.05) is 20.1 Å². The van der Waals surface area contributed by atoms with E-state index in [4.69, 9.17) is 0 Å². The highest BCUT2D eigenvalue weighted by Crippen LogP contribution is 2.09.